The summed E-state index contributed by atoms with van der Waals surface area (Å²) in [5.74, 6) is -1.62. The minimum atomic E-state index is -0.652. The van der Waals surface area contributed by atoms with Crippen molar-refractivity contribution in [3.05, 3.63) is 77.1 Å². The van der Waals surface area contributed by atoms with E-state index in [1.807, 2.05) is 6.07 Å². The van der Waals surface area contributed by atoms with Crippen LogP contribution in [0, 0.1) is 17.1 Å². The van der Waals surface area contributed by atoms with E-state index in [9.17, 15) is 19.2 Å². The molecule has 6 nitrogen and oxygen atoms in total. The summed E-state index contributed by atoms with van der Waals surface area (Å²) in [7, 11) is 0. The Kier molecular flexibility index (Phi) is 5.28. The van der Waals surface area contributed by atoms with Crippen molar-refractivity contribution in [3.8, 4) is 16.5 Å². The fraction of sp³-hybridized carbons (Fsp3) is 0.0455. The number of furan rings is 1. The first-order valence-corrected chi connectivity index (χ1v) is 9.61. The van der Waals surface area contributed by atoms with E-state index in [0.29, 0.717) is 15.8 Å². The number of hydrogen-bond donors (Lipinski definition) is 1. The second kappa shape index (κ2) is 8.19. The standard InChI is InChI=1S/C22H13FN2O4S/c23-14-7-5-13(6-8-14)18-9-10-19(30-18)22(27)28-12-20(26)25-21-15-3-1-2-4-16(15)29-17(21)11-24/h1-10H,12H2,(H,25,26). The smallest absolute Gasteiger partial charge is 0.348 e. The van der Waals surface area contributed by atoms with Gasteiger partial charge >= 0.3 is 5.97 Å². The molecule has 30 heavy (non-hydrogen) atoms. The zero-order chi connectivity index (χ0) is 21.1. The number of esters is 1. The maximum Gasteiger partial charge on any atom is 0.348 e. The fourth-order valence-electron chi connectivity index (χ4n) is 2.84. The summed E-state index contributed by atoms with van der Waals surface area (Å²) in [5.41, 5.74) is 1.48. The molecular formula is C22H13FN2O4S. The lowest BCUT2D eigenvalue weighted by atomic mass is 10.2. The summed E-state index contributed by atoms with van der Waals surface area (Å²) < 4.78 is 23.5. The Bertz CT molecular complexity index is 1280. The molecule has 0 bridgehead atoms. The molecule has 0 unspecified atom stereocenters. The lowest BCUT2D eigenvalue weighted by molar-refractivity contribution is -0.119. The number of thiophene rings is 1. The summed E-state index contributed by atoms with van der Waals surface area (Å²) in [6.45, 7) is -0.521. The Labute approximate surface area is 174 Å². The van der Waals surface area contributed by atoms with Crippen molar-refractivity contribution in [1.29, 1.82) is 5.26 Å². The van der Waals surface area contributed by atoms with Gasteiger partial charge in [-0.15, -0.1) is 11.3 Å². The Morgan fingerprint density at radius 3 is 2.63 bits per heavy atom. The van der Waals surface area contributed by atoms with Crippen LogP contribution in [0.25, 0.3) is 21.4 Å². The van der Waals surface area contributed by atoms with Gasteiger partial charge in [0.25, 0.3) is 5.91 Å². The van der Waals surface area contributed by atoms with Gasteiger partial charge in [-0.25, -0.2) is 9.18 Å². The quantitative estimate of drug-likeness (QED) is 0.460. The van der Waals surface area contributed by atoms with E-state index in [1.54, 1.807) is 48.5 Å². The molecule has 1 amide bonds. The Morgan fingerprint density at radius 1 is 1.10 bits per heavy atom. The van der Waals surface area contributed by atoms with Crippen LogP contribution < -0.4 is 5.32 Å². The van der Waals surface area contributed by atoms with Gasteiger partial charge in [0, 0.05) is 10.3 Å². The lowest BCUT2D eigenvalue weighted by Gasteiger charge is -2.05. The number of nitrogens with zero attached hydrogens (tertiary/aromatic N) is 1. The maximum absolute atomic E-state index is 13.0. The number of para-hydroxylation sites is 1. The molecule has 0 radical (unpaired) electrons. The number of amides is 1. The summed E-state index contributed by atoms with van der Waals surface area (Å²) >= 11 is 1.18. The van der Waals surface area contributed by atoms with Gasteiger partial charge in [0.05, 0.1) is 0 Å². The van der Waals surface area contributed by atoms with Crippen molar-refractivity contribution in [2.45, 2.75) is 0 Å². The molecule has 0 aliphatic rings. The van der Waals surface area contributed by atoms with E-state index in [2.05, 4.69) is 5.32 Å². The van der Waals surface area contributed by atoms with Crippen molar-refractivity contribution in [1.82, 2.24) is 0 Å². The largest absolute Gasteiger partial charge is 0.451 e. The number of rotatable bonds is 5. The van der Waals surface area contributed by atoms with E-state index in [4.69, 9.17) is 9.15 Å². The number of nitrogens with one attached hydrogen (secondary N) is 1. The molecule has 0 saturated carbocycles. The van der Waals surface area contributed by atoms with Gasteiger partial charge in [0.15, 0.2) is 6.61 Å². The molecule has 0 atom stereocenters. The highest BCUT2D eigenvalue weighted by molar-refractivity contribution is 7.17. The highest BCUT2D eigenvalue weighted by Crippen LogP contribution is 2.30. The number of carbonyl (C=O) groups is 2. The third kappa shape index (κ3) is 3.92. The minimum Gasteiger partial charge on any atom is -0.451 e. The van der Waals surface area contributed by atoms with Crippen LogP contribution in [-0.4, -0.2) is 18.5 Å². The number of ether oxygens (including phenoxy) is 1. The molecule has 0 spiro atoms. The van der Waals surface area contributed by atoms with Crippen molar-refractivity contribution in [2.24, 2.45) is 0 Å². The third-order valence-corrected chi connectivity index (χ3v) is 5.35. The second-order valence-electron chi connectivity index (χ2n) is 6.21. The van der Waals surface area contributed by atoms with Crippen LogP contribution in [0.2, 0.25) is 0 Å². The molecule has 8 heteroatoms. The predicted molar refractivity (Wildman–Crippen MR) is 110 cm³/mol. The number of anilines is 1. The molecular weight excluding hydrogens is 407 g/mol. The lowest BCUT2D eigenvalue weighted by Crippen LogP contribution is -2.20. The van der Waals surface area contributed by atoms with Crippen molar-refractivity contribution in [2.75, 3.05) is 11.9 Å². The molecule has 0 fully saturated rings. The molecule has 1 N–H and O–H groups in total. The van der Waals surface area contributed by atoms with E-state index >= 15 is 0 Å². The van der Waals surface area contributed by atoms with Gasteiger partial charge in [-0.1, -0.05) is 24.3 Å². The van der Waals surface area contributed by atoms with Gasteiger partial charge in [0.2, 0.25) is 5.76 Å². The molecule has 4 rings (SSSR count). The summed E-state index contributed by atoms with van der Waals surface area (Å²) in [6.07, 6.45) is 0. The van der Waals surface area contributed by atoms with Crippen LogP contribution in [0.5, 0.6) is 0 Å². The molecule has 2 aromatic carbocycles. The molecule has 0 saturated heterocycles. The first kappa shape index (κ1) is 19.4. The summed E-state index contributed by atoms with van der Waals surface area (Å²) in [6, 6.07) is 18.0. The Morgan fingerprint density at radius 2 is 1.87 bits per heavy atom. The van der Waals surface area contributed by atoms with Crippen molar-refractivity contribution < 1.29 is 23.1 Å². The number of hydrogen-bond acceptors (Lipinski definition) is 6. The van der Waals surface area contributed by atoms with E-state index in [0.717, 1.165) is 10.4 Å². The van der Waals surface area contributed by atoms with E-state index in [-0.39, 0.29) is 17.3 Å². The van der Waals surface area contributed by atoms with Crippen LogP contribution in [0.4, 0.5) is 10.1 Å². The Hall–Kier alpha value is -3.96. The monoisotopic (exact) mass is 420 g/mol. The summed E-state index contributed by atoms with van der Waals surface area (Å²) in [5, 5.41) is 12.4. The van der Waals surface area contributed by atoms with Gasteiger partial charge in [-0.2, -0.15) is 5.26 Å². The zero-order valence-corrected chi connectivity index (χ0v) is 16.2. The van der Waals surface area contributed by atoms with Gasteiger partial charge in [-0.05, 0) is 42.0 Å². The number of benzene rings is 2. The number of nitriles is 1. The topological polar surface area (TPSA) is 92.3 Å². The normalized spacial score (nSPS) is 10.5. The van der Waals surface area contributed by atoms with Gasteiger partial charge in [0.1, 0.15) is 28.0 Å². The summed E-state index contributed by atoms with van der Waals surface area (Å²) in [4.78, 5) is 25.6. The van der Waals surface area contributed by atoms with Gasteiger partial charge in [-0.3, -0.25) is 4.79 Å². The second-order valence-corrected chi connectivity index (χ2v) is 7.29. The fourth-order valence-corrected chi connectivity index (χ4v) is 3.75. The Balaban J connectivity index is 1.41. The zero-order valence-electron chi connectivity index (χ0n) is 15.3. The molecule has 148 valence electrons. The van der Waals surface area contributed by atoms with E-state index in [1.165, 1.54) is 23.5 Å². The highest BCUT2D eigenvalue weighted by atomic mass is 32.1. The molecule has 2 aromatic heterocycles. The maximum atomic E-state index is 13.0. The number of carbonyl (C=O) groups excluding carboxylic acids is 2. The third-order valence-electron chi connectivity index (χ3n) is 4.23. The van der Waals surface area contributed by atoms with Crippen LogP contribution in [0.3, 0.4) is 0 Å². The first-order valence-electron chi connectivity index (χ1n) is 8.79. The number of fused-ring (bicyclic) bond motifs is 1. The van der Waals surface area contributed by atoms with E-state index < -0.39 is 18.5 Å². The van der Waals surface area contributed by atoms with Gasteiger partial charge < -0.3 is 14.5 Å². The SMILES string of the molecule is N#Cc1oc2ccccc2c1NC(=O)COC(=O)c1ccc(-c2ccc(F)cc2)s1. The average molecular weight is 420 g/mol. The van der Waals surface area contributed by atoms with Crippen molar-refractivity contribution >= 4 is 39.9 Å². The highest BCUT2D eigenvalue weighted by Gasteiger charge is 2.18. The minimum absolute atomic E-state index is 0.0296. The molecule has 0 aliphatic heterocycles. The van der Waals surface area contributed by atoms with Crippen LogP contribution in [0.15, 0.2) is 65.1 Å². The van der Waals surface area contributed by atoms with Crippen molar-refractivity contribution in [3.63, 3.8) is 0 Å². The molecule has 4 aromatic rings. The molecule has 0 aliphatic carbocycles. The molecule has 2 heterocycles. The van der Waals surface area contributed by atoms with Crippen LogP contribution in [0.1, 0.15) is 15.4 Å². The first-order chi connectivity index (χ1) is 14.5. The average Bonchev–Trinajstić information content (AvgIpc) is 3.38. The van der Waals surface area contributed by atoms with Crippen LogP contribution >= 0.6 is 11.3 Å². The number of halogens is 1. The predicted octanol–water partition coefficient (Wildman–Crippen LogP) is 4.97. The van der Waals surface area contributed by atoms with Crippen LogP contribution in [-0.2, 0) is 9.53 Å².